The van der Waals surface area contributed by atoms with Crippen molar-refractivity contribution in [1.29, 1.82) is 0 Å². The number of rotatable bonds is 10. The first-order valence-electron chi connectivity index (χ1n) is 8.73. The van der Waals surface area contributed by atoms with Gasteiger partial charge in [-0.2, -0.15) is 0 Å². The Bertz CT molecular complexity index is 713. The highest BCUT2D eigenvalue weighted by Gasteiger charge is 2.23. The summed E-state index contributed by atoms with van der Waals surface area (Å²) in [7, 11) is 0. The van der Waals surface area contributed by atoms with E-state index in [4.69, 9.17) is 0 Å². The quantitative estimate of drug-likeness (QED) is 0.530. The maximum absolute atomic E-state index is 12.9. The molecule has 9 heteroatoms. The van der Waals surface area contributed by atoms with Crippen LogP contribution in [0.1, 0.15) is 0 Å². The lowest BCUT2D eigenvalue weighted by atomic mass is 10.3. The van der Waals surface area contributed by atoms with Gasteiger partial charge in [-0.1, -0.05) is 36.4 Å². The Kier molecular flexibility index (Phi) is 8.98. The third-order valence-corrected chi connectivity index (χ3v) is 4.73. The number of para-hydroxylation sites is 2. The summed E-state index contributed by atoms with van der Waals surface area (Å²) in [6.07, 6.45) is -5.43. The number of hydrogen-bond donors (Lipinski definition) is 0. The molecule has 0 radical (unpaired) electrons. The summed E-state index contributed by atoms with van der Waals surface area (Å²) in [6.45, 7) is -1.53. The molecule has 156 valence electrons. The van der Waals surface area contributed by atoms with Gasteiger partial charge in [0.2, 0.25) is 11.8 Å². The second kappa shape index (κ2) is 11.5. The van der Waals surface area contributed by atoms with Crippen LogP contribution in [0.5, 0.6) is 0 Å². The maximum atomic E-state index is 12.9. The Morgan fingerprint density at radius 3 is 1.34 bits per heavy atom. The molecule has 0 N–H and O–H groups in total. The predicted octanol–water partition coefficient (Wildman–Crippen LogP) is 4.32. The predicted molar refractivity (Wildman–Crippen MR) is 107 cm³/mol. The van der Waals surface area contributed by atoms with Gasteiger partial charge in [0.1, 0.15) is 0 Å². The number of alkyl halides is 4. The van der Waals surface area contributed by atoms with Crippen LogP contribution in [0.15, 0.2) is 60.7 Å². The van der Waals surface area contributed by atoms with E-state index in [1.807, 2.05) is 0 Å². The lowest BCUT2D eigenvalue weighted by Crippen LogP contribution is -2.38. The van der Waals surface area contributed by atoms with Crippen LogP contribution in [0, 0.1) is 0 Å². The lowest BCUT2D eigenvalue weighted by molar-refractivity contribution is -0.116. The van der Waals surface area contributed by atoms with Gasteiger partial charge in [-0.15, -0.1) is 11.8 Å². The van der Waals surface area contributed by atoms with Gasteiger partial charge in [0, 0.05) is 11.4 Å². The van der Waals surface area contributed by atoms with Gasteiger partial charge in [0.05, 0.1) is 24.6 Å². The molecule has 0 fully saturated rings. The van der Waals surface area contributed by atoms with Crippen LogP contribution in [-0.2, 0) is 9.59 Å². The molecule has 0 aliphatic heterocycles. The number of thioether (sulfide) groups is 1. The minimum Gasteiger partial charge on any atom is -0.306 e. The number of carbonyl (C=O) groups is 2. The van der Waals surface area contributed by atoms with E-state index in [1.165, 1.54) is 24.3 Å². The lowest BCUT2D eigenvalue weighted by Gasteiger charge is -2.24. The van der Waals surface area contributed by atoms with E-state index in [0.717, 1.165) is 21.6 Å². The van der Waals surface area contributed by atoms with Gasteiger partial charge in [-0.3, -0.25) is 9.59 Å². The molecule has 0 atom stereocenters. The first-order chi connectivity index (χ1) is 13.9. The molecule has 0 heterocycles. The third-order valence-electron chi connectivity index (χ3n) is 3.83. The van der Waals surface area contributed by atoms with Crippen LogP contribution in [0.2, 0.25) is 0 Å². The van der Waals surface area contributed by atoms with E-state index in [-0.39, 0.29) is 11.5 Å². The van der Waals surface area contributed by atoms with Crippen LogP contribution >= 0.6 is 11.8 Å². The van der Waals surface area contributed by atoms with Crippen molar-refractivity contribution in [2.24, 2.45) is 0 Å². The summed E-state index contributed by atoms with van der Waals surface area (Å²) in [5, 5.41) is 0. The summed E-state index contributed by atoms with van der Waals surface area (Å²) >= 11 is 0.897. The van der Waals surface area contributed by atoms with Crippen LogP contribution in [0.3, 0.4) is 0 Å². The van der Waals surface area contributed by atoms with E-state index in [9.17, 15) is 27.2 Å². The van der Waals surface area contributed by atoms with Gasteiger partial charge in [-0.05, 0) is 24.3 Å². The zero-order chi connectivity index (χ0) is 21.2. The molecule has 0 bridgehead atoms. The fraction of sp³-hybridized carbons (Fsp3) is 0.300. The minimum absolute atomic E-state index is 0.231. The summed E-state index contributed by atoms with van der Waals surface area (Å²) in [4.78, 5) is 26.7. The van der Waals surface area contributed by atoms with Crippen molar-refractivity contribution in [3.05, 3.63) is 60.7 Å². The number of halogens is 4. The summed E-state index contributed by atoms with van der Waals surface area (Å²) in [5.74, 6) is -1.64. The van der Waals surface area contributed by atoms with Gasteiger partial charge < -0.3 is 9.80 Å². The van der Waals surface area contributed by atoms with Crippen molar-refractivity contribution in [1.82, 2.24) is 0 Å². The number of benzene rings is 2. The van der Waals surface area contributed by atoms with Crippen molar-refractivity contribution >= 4 is 35.0 Å². The molecule has 2 amide bonds. The van der Waals surface area contributed by atoms with Crippen LogP contribution < -0.4 is 9.80 Å². The third kappa shape index (κ3) is 7.41. The SMILES string of the molecule is O=C(CSCC(=O)N(CC(F)F)c1ccccc1)N(CC(F)F)c1ccccc1. The Hall–Kier alpha value is -2.55. The largest absolute Gasteiger partial charge is 0.306 e. The van der Waals surface area contributed by atoms with Gasteiger partial charge in [0.25, 0.3) is 12.9 Å². The number of amides is 2. The molecule has 2 aromatic rings. The molecule has 29 heavy (non-hydrogen) atoms. The number of carbonyl (C=O) groups excluding carboxylic acids is 2. The summed E-state index contributed by atoms with van der Waals surface area (Å²) in [6, 6.07) is 16.0. The molecule has 4 nitrogen and oxygen atoms in total. The fourth-order valence-electron chi connectivity index (χ4n) is 2.58. The Morgan fingerprint density at radius 1 is 0.690 bits per heavy atom. The van der Waals surface area contributed by atoms with Crippen LogP contribution in [-0.4, -0.2) is 49.3 Å². The maximum Gasteiger partial charge on any atom is 0.256 e. The van der Waals surface area contributed by atoms with Crippen molar-refractivity contribution in [2.45, 2.75) is 12.9 Å². The van der Waals surface area contributed by atoms with Crippen molar-refractivity contribution in [3.63, 3.8) is 0 Å². The zero-order valence-corrected chi connectivity index (χ0v) is 16.2. The highest BCUT2D eigenvalue weighted by atomic mass is 32.2. The first kappa shape index (κ1) is 22.7. The smallest absolute Gasteiger partial charge is 0.256 e. The van der Waals surface area contributed by atoms with Crippen LogP contribution in [0.25, 0.3) is 0 Å². The zero-order valence-electron chi connectivity index (χ0n) is 15.4. The fourth-order valence-corrected chi connectivity index (χ4v) is 3.34. The van der Waals surface area contributed by atoms with E-state index >= 15 is 0 Å². The number of hydrogen-bond acceptors (Lipinski definition) is 3. The highest BCUT2D eigenvalue weighted by molar-refractivity contribution is 8.00. The number of nitrogens with zero attached hydrogens (tertiary/aromatic N) is 2. The molecule has 0 spiro atoms. The van der Waals surface area contributed by atoms with Gasteiger partial charge >= 0.3 is 0 Å². The molecule has 0 saturated carbocycles. The topological polar surface area (TPSA) is 40.6 Å². The average molecular weight is 428 g/mol. The standard InChI is InChI=1S/C20H20F4N2O2S/c21-17(22)11-25(15-7-3-1-4-8-15)19(27)13-29-14-20(28)26(12-18(23)24)16-9-5-2-6-10-16/h1-10,17-18H,11-14H2. The second-order valence-electron chi connectivity index (χ2n) is 5.95. The Balaban J connectivity index is 1.98. The van der Waals surface area contributed by atoms with Crippen molar-refractivity contribution in [2.75, 3.05) is 34.4 Å². The minimum atomic E-state index is -2.72. The molecular weight excluding hydrogens is 408 g/mol. The molecule has 0 aliphatic carbocycles. The molecule has 2 aromatic carbocycles. The molecule has 2 rings (SSSR count). The summed E-state index contributed by atoms with van der Waals surface area (Å²) < 4.78 is 51.5. The van der Waals surface area contributed by atoms with E-state index in [1.54, 1.807) is 36.4 Å². The van der Waals surface area contributed by atoms with E-state index in [0.29, 0.717) is 11.4 Å². The molecule has 0 unspecified atom stereocenters. The Labute approximate surface area is 170 Å². The van der Waals surface area contributed by atoms with Gasteiger partial charge in [-0.25, -0.2) is 17.6 Å². The average Bonchev–Trinajstić information content (AvgIpc) is 2.71. The van der Waals surface area contributed by atoms with Crippen LogP contribution in [0.4, 0.5) is 28.9 Å². The molecule has 0 saturated heterocycles. The molecule has 0 aromatic heterocycles. The van der Waals surface area contributed by atoms with Crippen molar-refractivity contribution in [3.8, 4) is 0 Å². The second-order valence-corrected chi connectivity index (χ2v) is 6.94. The molecular formula is C20H20F4N2O2S. The molecule has 0 aliphatic rings. The first-order valence-corrected chi connectivity index (χ1v) is 9.89. The van der Waals surface area contributed by atoms with Gasteiger partial charge in [0.15, 0.2) is 0 Å². The van der Waals surface area contributed by atoms with Crippen molar-refractivity contribution < 1.29 is 27.2 Å². The van der Waals surface area contributed by atoms with E-state index < -0.39 is 37.8 Å². The number of anilines is 2. The summed E-state index contributed by atoms with van der Waals surface area (Å²) in [5.41, 5.74) is 0.654. The monoisotopic (exact) mass is 428 g/mol. The Morgan fingerprint density at radius 2 is 1.03 bits per heavy atom. The highest BCUT2D eigenvalue weighted by Crippen LogP contribution is 2.19. The normalized spacial score (nSPS) is 11.0. The van der Waals surface area contributed by atoms with E-state index in [2.05, 4.69) is 0 Å².